The van der Waals surface area contributed by atoms with Crippen molar-refractivity contribution in [1.82, 2.24) is 4.57 Å². The molecule has 1 aromatic heterocycles. The van der Waals surface area contributed by atoms with Crippen LogP contribution in [0.3, 0.4) is 0 Å². The number of hydrogen-bond acceptors (Lipinski definition) is 3. The average Bonchev–Trinajstić information content (AvgIpc) is 2.47. The number of unbranched alkanes of at least 4 members (excludes halogenated alkanes) is 1. The molecule has 0 radical (unpaired) electrons. The Morgan fingerprint density at radius 1 is 1.30 bits per heavy atom. The molecule has 1 aliphatic carbocycles. The summed E-state index contributed by atoms with van der Waals surface area (Å²) in [5.41, 5.74) is -0.339. The van der Waals surface area contributed by atoms with Gasteiger partial charge in [-0.15, -0.1) is 0 Å². The van der Waals surface area contributed by atoms with Crippen LogP contribution in [0.25, 0.3) is 0 Å². The third kappa shape index (κ3) is 3.95. The van der Waals surface area contributed by atoms with E-state index in [4.69, 9.17) is 4.74 Å². The third-order valence-electron chi connectivity index (χ3n) is 4.05. The highest BCUT2D eigenvalue weighted by atomic mass is 16.6. The maximum absolute atomic E-state index is 11.9. The normalized spacial score (nSPS) is 22.4. The zero-order valence-corrected chi connectivity index (χ0v) is 12.1. The Morgan fingerprint density at radius 2 is 2.05 bits per heavy atom. The fourth-order valence-corrected chi connectivity index (χ4v) is 2.81. The Bertz CT molecular complexity index is 486. The van der Waals surface area contributed by atoms with Crippen LogP contribution in [-0.2, 0) is 4.74 Å². The lowest BCUT2D eigenvalue weighted by Crippen LogP contribution is -2.31. The molecule has 1 fully saturated rings. The van der Waals surface area contributed by atoms with Crippen LogP contribution in [0, 0.1) is 5.92 Å². The van der Waals surface area contributed by atoms with E-state index < -0.39 is 6.09 Å². The molecule has 0 atom stereocenters. The van der Waals surface area contributed by atoms with Crippen molar-refractivity contribution in [1.29, 1.82) is 0 Å². The fraction of sp³-hybridized carbons (Fsp3) is 0.625. The smallest absolute Gasteiger partial charge is 0.421 e. The molecule has 1 saturated carbocycles. The van der Waals surface area contributed by atoms with Crippen molar-refractivity contribution < 1.29 is 9.53 Å². The first-order valence-corrected chi connectivity index (χ1v) is 7.59. The molecule has 0 unspecified atom stereocenters. The van der Waals surface area contributed by atoms with E-state index in [0.29, 0.717) is 0 Å². The first-order valence-electron chi connectivity index (χ1n) is 7.59. The van der Waals surface area contributed by atoms with Crippen molar-refractivity contribution in [3.8, 4) is 0 Å². The molecule has 1 heterocycles. The Hall–Kier alpha value is -1.58. The molecule has 2 rings (SSSR count). The average molecular weight is 277 g/mol. The number of hydrogen-bond donors (Lipinski definition) is 0. The van der Waals surface area contributed by atoms with Gasteiger partial charge in [-0.2, -0.15) is 0 Å². The molecule has 1 aliphatic rings. The standard InChI is InChI=1S/C16H23NO3/c1-2-3-6-13-8-10-14(11-9-13)20-16(19)17-12-5-4-7-15(17)18/h4-5,7,12-14H,2-3,6,8-11H2,1H3. The summed E-state index contributed by atoms with van der Waals surface area (Å²) < 4.78 is 6.47. The fourth-order valence-electron chi connectivity index (χ4n) is 2.81. The minimum absolute atomic E-state index is 0.0347. The van der Waals surface area contributed by atoms with Crippen LogP contribution in [0.2, 0.25) is 0 Å². The van der Waals surface area contributed by atoms with Gasteiger partial charge in [0.25, 0.3) is 5.56 Å². The SMILES string of the molecule is CCCCC1CCC(OC(=O)n2ccccc2=O)CC1. The minimum Gasteiger partial charge on any atom is -0.446 e. The first-order chi connectivity index (χ1) is 9.70. The molecule has 0 N–H and O–H groups in total. The van der Waals surface area contributed by atoms with Gasteiger partial charge in [0.15, 0.2) is 0 Å². The van der Waals surface area contributed by atoms with Gasteiger partial charge in [0.2, 0.25) is 0 Å². The molecule has 0 spiro atoms. The molecule has 20 heavy (non-hydrogen) atoms. The molecule has 0 aliphatic heterocycles. The molecule has 1 aromatic rings. The first kappa shape index (κ1) is 14.8. The number of ether oxygens (including phenoxy) is 1. The topological polar surface area (TPSA) is 48.3 Å². The van der Waals surface area contributed by atoms with Crippen molar-refractivity contribution in [2.45, 2.75) is 58.0 Å². The predicted molar refractivity (Wildman–Crippen MR) is 77.9 cm³/mol. The van der Waals surface area contributed by atoms with Crippen molar-refractivity contribution >= 4 is 6.09 Å². The summed E-state index contributed by atoms with van der Waals surface area (Å²) in [4.78, 5) is 23.5. The van der Waals surface area contributed by atoms with Crippen molar-refractivity contribution in [3.63, 3.8) is 0 Å². The number of nitrogens with zero attached hydrogens (tertiary/aromatic N) is 1. The van der Waals surface area contributed by atoms with E-state index in [9.17, 15) is 9.59 Å². The highest BCUT2D eigenvalue weighted by molar-refractivity contribution is 5.70. The Morgan fingerprint density at radius 3 is 2.70 bits per heavy atom. The second-order valence-electron chi connectivity index (χ2n) is 5.58. The summed E-state index contributed by atoms with van der Waals surface area (Å²) >= 11 is 0. The van der Waals surface area contributed by atoms with Gasteiger partial charge in [-0.05, 0) is 37.7 Å². The van der Waals surface area contributed by atoms with Gasteiger partial charge in [0, 0.05) is 12.3 Å². The second-order valence-corrected chi connectivity index (χ2v) is 5.58. The van der Waals surface area contributed by atoms with Gasteiger partial charge < -0.3 is 4.74 Å². The summed E-state index contributed by atoms with van der Waals surface area (Å²) in [5.74, 6) is 0.782. The van der Waals surface area contributed by atoms with E-state index in [1.807, 2.05) is 0 Å². The van der Waals surface area contributed by atoms with E-state index in [2.05, 4.69) is 6.92 Å². The molecular weight excluding hydrogens is 254 g/mol. The van der Waals surface area contributed by atoms with Gasteiger partial charge in [0.05, 0.1) is 0 Å². The number of carbonyl (C=O) groups is 1. The Labute approximate surface area is 119 Å². The molecule has 0 saturated heterocycles. The lowest BCUT2D eigenvalue weighted by molar-refractivity contribution is 0.0633. The zero-order chi connectivity index (χ0) is 14.4. The monoisotopic (exact) mass is 277 g/mol. The summed E-state index contributed by atoms with van der Waals surface area (Å²) in [7, 11) is 0. The maximum Gasteiger partial charge on any atom is 0.421 e. The largest absolute Gasteiger partial charge is 0.446 e. The van der Waals surface area contributed by atoms with Crippen LogP contribution in [0.4, 0.5) is 4.79 Å². The quantitative estimate of drug-likeness (QED) is 0.845. The summed E-state index contributed by atoms with van der Waals surface area (Å²) in [6, 6.07) is 4.64. The second kappa shape index (κ2) is 7.27. The van der Waals surface area contributed by atoms with E-state index >= 15 is 0 Å². The van der Waals surface area contributed by atoms with E-state index in [0.717, 1.165) is 36.2 Å². The zero-order valence-electron chi connectivity index (χ0n) is 12.1. The summed E-state index contributed by atoms with van der Waals surface area (Å²) in [5, 5.41) is 0. The van der Waals surface area contributed by atoms with Crippen molar-refractivity contribution in [3.05, 3.63) is 34.7 Å². The molecule has 0 aromatic carbocycles. The summed E-state index contributed by atoms with van der Waals surface area (Å²) in [6.07, 6.45) is 8.78. The van der Waals surface area contributed by atoms with Crippen LogP contribution in [0.1, 0.15) is 51.9 Å². The van der Waals surface area contributed by atoms with Crippen LogP contribution in [0.15, 0.2) is 29.2 Å². The number of rotatable bonds is 4. The van der Waals surface area contributed by atoms with Gasteiger partial charge in [-0.1, -0.05) is 32.3 Å². The number of carbonyl (C=O) groups excluding carboxylic acids is 1. The highest BCUT2D eigenvalue weighted by Gasteiger charge is 2.24. The van der Waals surface area contributed by atoms with E-state index in [1.165, 1.54) is 31.5 Å². The molecule has 0 bridgehead atoms. The van der Waals surface area contributed by atoms with Crippen molar-refractivity contribution in [2.24, 2.45) is 5.92 Å². The van der Waals surface area contributed by atoms with Crippen LogP contribution < -0.4 is 5.56 Å². The third-order valence-corrected chi connectivity index (χ3v) is 4.05. The molecule has 0 amide bonds. The molecular formula is C16H23NO3. The van der Waals surface area contributed by atoms with Gasteiger partial charge >= 0.3 is 6.09 Å². The summed E-state index contributed by atoms with van der Waals surface area (Å²) in [6.45, 7) is 2.21. The van der Waals surface area contributed by atoms with Crippen molar-refractivity contribution in [2.75, 3.05) is 0 Å². The highest BCUT2D eigenvalue weighted by Crippen LogP contribution is 2.29. The Balaban J connectivity index is 1.82. The molecule has 4 heteroatoms. The maximum atomic E-state index is 11.9. The molecule has 4 nitrogen and oxygen atoms in total. The van der Waals surface area contributed by atoms with E-state index in [1.54, 1.807) is 12.1 Å². The lowest BCUT2D eigenvalue weighted by Gasteiger charge is -2.28. The van der Waals surface area contributed by atoms with Gasteiger partial charge in [0.1, 0.15) is 6.10 Å². The van der Waals surface area contributed by atoms with Crippen LogP contribution in [-0.4, -0.2) is 16.8 Å². The Kier molecular flexibility index (Phi) is 5.39. The molecule has 110 valence electrons. The van der Waals surface area contributed by atoms with Crippen LogP contribution >= 0.6 is 0 Å². The van der Waals surface area contributed by atoms with Crippen LogP contribution in [0.5, 0.6) is 0 Å². The van der Waals surface area contributed by atoms with Gasteiger partial charge in [-0.25, -0.2) is 9.36 Å². The lowest BCUT2D eigenvalue weighted by atomic mass is 9.84. The van der Waals surface area contributed by atoms with Gasteiger partial charge in [-0.3, -0.25) is 4.79 Å². The predicted octanol–water partition coefficient (Wildman–Crippen LogP) is 3.58. The number of aromatic nitrogens is 1. The number of pyridine rings is 1. The minimum atomic E-state index is -0.549. The van der Waals surface area contributed by atoms with E-state index in [-0.39, 0.29) is 11.7 Å².